The van der Waals surface area contributed by atoms with E-state index >= 15 is 0 Å². The van der Waals surface area contributed by atoms with Gasteiger partial charge in [0.1, 0.15) is 0 Å². The summed E-state index contributed by atoms with van der Waals surface area (Å²) in [5, 5.41) is 6.21. The Hall–Kier alpha value is -1.30. The number of carbonyl (C=O) groups excluding carboxylic acids is 1. The van der Waals surface area contributed by atoms with Gasteiger partial charge in [0.15, 0.2) is 5.96 Å². The molecule has 0 saturated carbocycles. The van der Waals surface area contributed by atoms with E-state index in [2.05, 4.69) is 15.6 Å². The van der Waals surface area contributed by atoms with E-state index in [-0.39, 0.29) is 12.1 Å². The lowest BCUT2D eigenvalue weighted by atomic mass is 10.4. The number of nitrogens with one attached hydrogen (secondary N) is 2. The molecule has 0 aromatic carbocycles. The van der Waals surface area contributed by atoms with Crippen molar-refractivity contribution in [2.24, 2.45) is 4.99 Å². The summed E-state index contributed by atoms with van der Waals surface area (Å²) in [5.41, 5.74) is 0. The lowest BCUT2D eigenvalue weighted by Crippen LogP contribution is -2.39. The quantitative estimate of drug-likeness (QED) is 0.283. The molecule has 0 saturated heterocycles. The van der Waals surface area contributed by atoms with E-state index in [1.807, 2.05) is 20.8 Å². The van der Waals surface area contributed by atoms with Crippen molar-refractivity contribution in [1.29, 1.82) is 0 Å². The lowest BCUT2D eigenvalue weighted by Gasteiger charge is -2.12. The number of guanidine groups is 1. The molecule has 0 aliphatic carbocycles. The normalized spacial score (nSPS) is 11.5. The second kappa shape index (κ2) is 11.8. The molecule has 0 bridgehead atoms. The van der Waals surface area contributed by atoms with Gasteiger partial charge >= 0.3 is 5.97 Å². The Morgan fingerprint density at radius 2 is 1.95 bits per heavy atom. The summed E-state index contributed by atoms with van der Waals surface area (Å²) in [6, 6.07) is 0. The average Bonchev–Trinajstić information content (AvgIpc) is 2.35. The van der Waals surface area contributed by atoms with Crippen molar-refractivity contribution in [2.45, 2.75) is 39.7 Å². The molecule has 0 unspecified atom stereocenters. The van der Waals surface area contributed by atoms with Gasteiger partial charge in [-0.15, -0.1) is 0 Å². The van der Waals surface area contributed by atoms with Crippen molar-refractivity contribution in [3.05, 3.63) is 0 Å². The van der Waals surface area contributed by atoms with E-state index < -0.39 is 0 Å². The number of hydrogen-bond acceptors (Lipinski definition) is 4. The molecule has 0 aromatic heterocycles. The molecule has 6 nitrogen and oxygen atoms in total. The fourth-order valence-corrected chi connectivity index (χ4v) is 1.35. The molecule has 0 aliphatic rings. The highest BCUT2D eigenvalue weighted by Crippen LogP contribution is 1.92. The Morgan fingerprint density at radius 3 is 2.53 bits per heavy atom. The Labute approximate surface area is 116 Å². The molecule has 0 rings (SSSR count). The molecule has 0 amide bonds. The third-order valence-corrected chi connectivity index (χ3v) is 2.17. The minimum Gasteiger partial charge on any atom is -0.463 e. The highest BCUT2D eigenvalue weighted by Gasteiger charge is 2.05. The molecule has 0 spiro atoms. The number of ether oxygens (including phenoxy) is 2. The smallest absolute Gasteiger partial charge is 0.307 e. The molecule has 6 heteroatoms. The second-order valence-electron chi connectivity index (χ2n) is 4.26. The highest BCUT2D eigenvalue weighted by atomic mass is 16.5. The first-order chi connectivity index (χ1) is 9.10. The number of nitrogens with zero attached hydrogens (tertiary/aromatic N) is 1. The van der Waals surface area contributed by atoms with Gasteiger partial charge in [-0.2, -0.15) is 0 Å². The topological polar surface area (TPSA) is 72.0 Å². The van der Waals surface area contributed by atoms with E-state index in [1.165, 1.54) is 0 Å². The summed E-state index contributed by atoms with van der Waals surface area (Å²) in [5.74, 6) is 0.489. The van der Waals surface area contributed by atoms with E-state index in [9.17, 15) is 4.79 Å². The van der Waals surface area contributed by atoms with Crippen LogP contribution in [0.2, 0.25) is 0 Å². The van der Waals surface area contributed by atoms with Crippen LogP contribution in [0.25, 0.3) is 0 Å². The van der Waals surface area contributed by atoms with Crippen molar-refractivity contribution in [1.82, 2.24) is 10.6 Å². The van der Waals surface area contributed by atoms with Gasteiger partial charge in [0.05, 0.1) is 12.5 Å². The van der Waals surface area contributed by atoms with Crippen LogP contribution < -0.4 is 10.6 Å². The summed E-state index contributed by atoms with van der Waals surface area (Å²) < 4.78 is 10.3. The van der Waals surface area contributed by atoms with Gasteiger partial charge in [-0.05, 0) is 27.2 Å². The highest BCUT2D eigenvalue weighted by molar-refractivity contribution is 5.80. The van der Waals surface area contributed by atoms with Crippen molar-refractivity contribution >= 4 is 11.9 Å². The van der Waals surface area contributed by atoms with Crippen molar-refractivity contribution < 1.29 is 14.3 Å². The molecule has 0 atom stereocenters. The average molecular weight is 273 g/mol. The SMILES string of the molecule is CCOCCCNC(=NC)NCCC(=O)OC(C)C. The van der Waals surface area contributed by atoms with Crippen LogP contribution in [0.4, 0.5) is 0 Å². The van der Waals surface area contributed by atoms with E-state index in [1.54, 1.807) is 7.05 Å². The van der Waals surface area contributed by atoms with Gasteiger partial charge in [-0.1, -0.05) is 0 Å². The first-order valence-electron chi connectivity index (χ1n) is 6.81. The maximum atomic E-state index is 11.3. The Balaban J connectivity index is 3.63. The number of rotatable bonds is 9. The number of aliphatic imine (C=N–C) groups is 1. The zero-order chi connectivity index (χ0) is 14.5. The summed E-state index contributed by atoms with van der Waals surface area (Å²) >= 11 is 0. The van der Waals surface area contributed by atoms with Gasteiger partial charge in [0.25, 0.3) is 0 Å². The van der Waals surface area contributed by atoms with E-state index in [0.717, 1.165) is 26.2 Å². The fraction of sp³-hybridized carbons (Fsp3) is 0.846. The molecule has 0 heterocycles. The van der Waals surface area contributed by atoms with Crippen LogP contribution in [0.1, 0.15) is 33.6 Å². The molecule has 0 fully saturated rings. The molecular weight excluding hydrogens is 246 g/mol. The maximum absolute atomic E-state index is 11.3. The lowest BCUT2D eigenvalue weighted by molar-refractivity contribution is -0.147. The Kier molecular flexibility index (Phi) is 11.0. The first-order valence-corrected chi connectivity index (χ1v) is 6.81. The molecule has 0 aromatic rings. The monoisotopic (exact) mass is 273 g/mol. The van der Waals surface area contributed by atoms with Gasteiger partial charge in [-0.25, -0.2) is 0 Å². The van der Waals surface area contributed by atoms with Gasteiger partial charge < -0.3 is 20.1 Å². The largest absolute Gasteiger partial charge is 0.463 e. The maximum Gasteiger partial charge on any atom is 0.307 e. The molecule has 0 aliphatic heterocycles. The van der Waals surface area contributed by atoms with Gasteiger partial charge in [0.2, 0.25) is 0 Å². The summed E-state index contributed by atoms with van der Waals surface area (Å²) in [4.78, 5) is 15.4. The number of carbonyl (C=O) groups is 1. The van der Waals surface area contributed by atoms with Gasteiger partial charge in [0, 0.05) is 33.4 Å². The van der Waals surface area contributed by atoms with Crippen LogP contribution in [0.5, 0.6) is 0 Å². The molecule has 112 valence electrons. The number of hydrogen-bond donors (Lipinski definition) is 2. The van der Waals surface area contributed by atoms with Crippen molar-refractivity contribution in [3.63, 3.8) is 0 Å². The minimum absolute atomic E-state index is 0.0662. The summed E-state index contributed by atoms with van der Waals surface area (Å²) in [6.07, 6.45) is 1.19. The van der Waals surface area contributed by atoms with E-state index in [4.69, 9.17) is 9.47 Å². The summed E-state index contributed by atoms with van der Waals surface area (Å²) in [6.45, 7) is 8.43. The second-order valence-corrected chi connectivity index (χ2v) is 4.26. The van der Waals surface area contributed by atoms with E-state index in [0.29, 0.717) is 18.9 Å². The fourth-order valence-electron chi connectivity index (χ4n) is 1.35. The molecule has 0 radical (unpaired) electrons. The minimum atomic E-state index is -0.200. The Morgan fingerprint density at radius 1 is 1.26 bits per heavy atom. The molecule has 2 N–H and O–H groups in total. The number of esters is 1. The van der Waals surface area contributed by atoms with Crippen molar-refractivity contribution in [3.8, 4) is 0 Å². The van der Waals surface area contributed by atoms with Crippen LogP contribution in [-0.2, 0) is 14.3 Å². The predicted octanol–water partition coefficient (Wildman–Crippen LogP) is 0.920. The zero-order valence-electron chi connectivity index (χ0n) is 12.5. The molecular formula is C13H27N3O3. The first kappa shape index (κ1) is 17.7. The van der Waals surface area contributed by atoms with Crippen LogP contribution in [0, 0.1) is 0 Å². The van der Waals surface area contributed by atoms with Gasteiger partial charge in [-0.3, -0.25) is 9.79 Å². The Bertz CT molecular complexity index is 268. The third-order valence-electron chi connectivity index (χ3n) is 2.17. The van der Waals surface area contributed by atoms with Crippen LogP contribution in [-0.4, -0.2) is 51.4 Å². The van der Waals surface area contributed by atoms with Crippen molar-refractivity contribution in [2.75, 3.05) is 33.4 Å². The predicted molar refractivity (Wildman–Crippen MR) is 76.3 cm³/mol. The van der Waals surface area contributed by atoms with Crippen LogP contribution in [0.15, 0.2) is 4.99 Å². The van der Waals surface area contributed by atoms with Crippen LogP contribution in [0.3, 0.4) is 0 Å². The van der Waals surface area contributed by atoms with Crippen LogP contribution >= 0.6 is 0 Å². The molecule has 19 heavy (non-hydrogen) atoms. The zero-order valence-corrected chi connectivity index (χ0v) is 12.5. The standard InChI is InChI=1S/C13H27N3O3/c1-5-18-10-6-8-15-13(14-4)16-9-7-12(17)19-11(2)3/h11H,5-10H2,1-4H3,(H2,14,15,16). The summed E-state index contributed by atoms with van der Waals surface area (Å²) in [7, 11) is 1.70. The third kappa shape index (κ3) is 11.5.